The van der Waals surface area contributed by atoms with E-state index in [9.17, 15) is 0 Å². The Bertz CT molecular complexity index is 533. The number of fused-ring (bicyclic) bond motifs is 1. The van der Waals surface area contributed by atoms with Gasteiger partial charge in [-0.25, -0.2) is 4.98 Å². The van der Waals surface area contributed by atoms with Gasteiger partial charge in [0.05, 0.1) is 5.01 Å². The Hall–Kier alpha value is -0.710. The normalized spacial score (nSPS) is 16.3. The summed E-state index contributed by atoms with van der Waals surface area (Å²) >= 11 is 3.79. The first kappa shape index (κ1) is 13.3. The number of aromatic nitrogens is 1. The zero-order valence-electron chi connectivity index (χ0n) is 11.5. The van der Waals surface area contributed by atoms with Gasteiger partial charge in [0.2, 0.25) is 0 Å². The number of hydrogen-bond donors (Lipinski definition) is 1. The highest BCUT2D eigenvalue weighted by atomic mass is 32.1. The van der Waals surface area contributed by atoms with E-state index in [1.54, 1.807) is 21.8 Å². The largest absolute Gasteiger partial charge is 0.304 e. The van der Waals surface area contributed by atoms with E-state index in [4.69, 9.17) is 0 Å². The number of aryl methyl sites for hydroxylation is 3. The lowest BCUT2D eigenvalue weighted by Crippen LogP contribution is -2.16. The molecule has 0 fully saturated rings. The van der Waals surface area contributed by atoms with Crippen LogP contribution in [-0.4, -0.2) is 4.98 Å². The van der Waals surface area contributed by atoms with Crippen LogP contribution in [-0.2, 0) is 19.4 Å². The molecule has 0 amide bonds. The quantitative estimate of drug-likeness (QED) is 0.911. The Balaban J connectivity index is 1.63. The molecule has 2 nitrogen and oxygen atoms in total. The standard InChI is InChI=1S/C15H20N2S2/c1-10(16-8-13-9-17-11(2)18-13)15-7-12-5-3-4-6-14(12)19-15/h7,9-10,16H,3-6,8H2,1-2H3. The third-order valence-electron chi connectivity index (χ3n) is 3.69. The third-order valence-corrected chi connectivity index (χ3v) is 6.03. The average molecular weight is 292 g/mol. The Labute approximate surface area is 122 Å². The second-order valence-corrected chi connectivity index (χ2v) is 7.74. The van der Waals surface area contributed by atoms with Crippen LogP contribution in [0.5, 0.6) is 0 Å². The van der Waals surface area contributed by atoms with Crippen LogP contribution in [0.1, 0.15) is 51.0 Å². The summed E-state index contributed by atoms with van der Waals surface area (Å²) in [6, 6.07) is 2.87. The van der Waals surface area contributed by atoms with E-state index in [1.165, 1.54) is 35.4 Å². The van der Waals surface area contributed by atoms with Crippen molar-refractivity contribution < 1.29 is 0 Å². The zero-order valence-corrected chi connectivity index (χ0v) is 13.2. The lowest BCUT2D eigenvalue weighted by atomic mass is 9.99. The van der Waals surface area contributed by atoms with Crippen LogP contribution in [0.15, 0.2) is 12.3 Å². The Morgan fingerprint density at radius 2 is 2.16 bits per heavy atom. The van der Waals surface area contributed by atoms with Gasteiger partial charge in [-0.15, -0.1) is 22.7 Å². The van der Waals surface area contributed by atoms with Crippen molar-refractivity contribution >= 4 is 22.7 Å². The summed E-state index contributed by atoms with van der Waals surface area (Å²) in [5, 5.41) is 4.77. The minimum Gasteiger partial charge on any atom is -0.304 e. The van der Waals surface area contributed by atoms with Gasteiger partial charge in [0.1, 0.15) is 0 Å². The van der Waals surface area contributed by atoms with Crippen LogP contribution >= 0.6 is 22.7 Å². The Morgan fingerprint density at radius 3 is 2.89 bits per heavy atom. The summed E-state index contributed by atoms with van der Waals surface area (Å²) in [5.41, 5.74) is 1.61. The maximum Gasteiger partial charge on any atom is 0.0897 e. The van der Waals surface area contributed by atoms with Crippen molar-refractivity contribution in [2.24, 2.45) is 0 Å². The summed E-state index contributed by atoms with van der Waals surface area (Å²) in [7, 11) is 0. The molecule has 1 unspecified atom stereocenters. The predicted octanol–water partition coefficient (Wildman–Crippen LogP) is 4.24. The number of nitrogens with zero attached hydrogens (tertiary/aromatic N) is 1. The van der Waals surface area contributed by atoms with Gasteiger partial charge in [-0.05, 0) is 51.2 Å². The number of nitrogens with one attached hydrogen (secondary N) is 1. The van der Waals surface area contributed by atoms with Crippen LogP contribution in [0.25, 0.3) is 0 Å². The molecular weight excluding hydrogens is 272 g/mol. The molecule has 0 saturated heterocycles. The monoisotopic (exact) mass is 292 g/mol. The molecule has 1 aliphatic rings. The molecule has 19 heavy (non-hydrogen) atoms. The molecule has 2 aromatic rings. The lowest BCUT2D eigenvalue weighted by molar-refractivity contribution is 0.586. The maximum absolute atomic E-state index is 4.30. The minimum absolute atomic E-state index is 0.443. The molecule has 3 rings (SSSR count). The first-order valence-corrected chi connectivity index (χ1v) is 8.62. The lowest BCUT2D eigenvalue weighted by Gasteiger charge is -2.10. The van der Waals surface area contributed by atoms with E-state index in [0.29, 0.717) is 6.04 Å². The van der Waals surface area contributed by atoms with Crippen molar-refractivity contribution in [2.75, 3.05) is 0 Å². The van der Waals surface area contributed by atoms with Gasteiger partial charge in [-0.1, -0.05) is 0 Å². The van der Waals surface area contributed by atoms with Crippen molar-refractivity contribution in [2.45, 2.75) is 52.1 Å². The van der Waals surface area contributed by atoms with Crippen molar-refractivity contribution in [1.29, 1.82) is 0 Å². The van der Waals surface area contributed by atoms with Crippen LogP contribution in [0.4, 0.5) is 0 Å². The van der Waals surface area contributed by atoms with Gasteiger partial charge in [-0.2, -0.15) is 0 Å². The van der Waals surface area contributed by atoms with Crippen LogP contribution in [0, 0.1) is 6.92 Å². The van der Waals surface area contributed by atoms with Crippen molar-refractivity contribution in [3.63, 3.8) is 0 Å². The maximum atomic E-state index is 4.30. The van der Waals surface area contributed by atoms with Gasteiger partial charge in [0.15, 0.2) is 0 Å². The molecule has 2 aromatic heterocycles. The summed E-state index contributed by atoms with van der Waals surface area (Å²) < 4.78 is 0. The molecule has 102 valence electrons. The molecule has 1 N–H and O–H groups in total. The highest BCUT2D eigenvalue weighted by Gasteiger charge is 2.16. The molecule has 2 heterocycles. The van der Waals surface area contributed by atoms with Gasteiger partial charge in [-0.3, -0.25) is 0 Å². The average Bonchev–Trinajstić information content (AvgIpc) is 3.01. The van der Waals surface area contributed by atoms with Crippen molar-refractivity contribution in [3.05, 3.63) is 37.5 Å². The SMILES string of the molecule is Cc1ncc(CNC(C)c2cc3c(s2)CCCC3)s1. The van der Waals surface area contributed by atoms with E-state index < -0.39 is 0 Å². The fourth-order valence-corrected chi connectivity index (χ4v) is 4.60. The first-order valence-electron chi connectivity index (χ1n) is 6.98. The number of rotatable bonds is 4. The van der Waals surface area contributed by atoms with Gasteiger partial charge in [0, 0.05) is 33.4 Å². The van der Waals surface area contributed by atoms with Crippen molar-refractivity contribution in [3.8, 4) is 0 Å². The third kappa shape index (κ3) is 3.07. The van der Waals surface area contributed by atoms with Gasteiger partial charge >= 0.3 is 0 Å². The molecule has 0 spiro atoms. The van der Waals surface area contributed by atoms with E-state index in [0.717, 1.165) is 11.6 Å². The summed E-state index contributed by atoms with van der Waals surface area (Å²) in [4.78, 5) is 8.75. The van der Waals surface area contributed by atoms with Crippen LogP contribution < -0.4 is 5.32 Å². The second-order valence-electron chi connectivity index (χ2n) is 5.25. The number of hydrogen-bond acceptors (Lipinski definition) is 4. The predicted molar refractivity (Wildman–Crippen MR) is 83.1 cm³/mol. The Kier molecular flexibility index (Phi) is 4.01. The van der Waals surface area contributed by atoms with Crippen LogP contribution in [0.3, 0.4) is 0 Å². The van der Waals surface area contributed by atoms with Crippen molar-refractivity contribution in [1.82, 2.24) is 10.3 Å². The van der Waals surface area contributed by atoms with E-state index in [2.05, 4.69) is 30.2 Å². The molecule has 0 aliphatic heterocycles. The summed E-state index contributed by atoms with van der Waals surface area (Å²) in [6.45, 7) is 5.26. The summed E-state index contributed by atoms with van der Waals surface area (Å²) in [5.74, 6) is 0. The highest BCUT2D eigenvalue weighted by Crippen LogP contribution is 2.32. The van der Waals surface area contributed by atoms with Gasteiger partial charge < -0.3 is 5.32 Å². The fourth-order valence-electron chi connectivity index (χ4n) is 2.57. The van der Waals surface area contributed by atoms with E-state index in [-0.39, 0.29) is 0 Å². The molecule has 4 heteroatoms. The molecule has 0 aromatic carbocycles. The number of thiophene rings is 1. The molecule has 0 saturated carbocycles. The molecule has 0 radical (unpaired) electrons. The number of thiazole rings is 1. The second kappa shape index (κ2) is 5.73. The Morgan fingerprint density at radius 1 is 1.32 bits per heavy atom. The minimum atomic E-state index is 0.443. The van der Waals surface area contributed by atoms with E-state index in [1.807, 2.05) is 17.5 Å². The highest BCUT2D eigenvalue weighted by molar-refractivity contribution is 7.12. The van der Waals surface area contributed by atoms with Crippen LogP contribution in [0.2, 0.25) is 0 Å². The molecular formula is C15H20N2S2. The first-order chi connectivity index (χ1) is 9.22. The topological polar surface area (TPSA) is 24.9 Å². The summed E-state index contributed by atoms with van der Waals surface area (Å²) in [6.07, 6.45) is 7.30. The van der Waals surface area contributed by atoms with Gasteiger partial charge in [0.25, 0.3) is 0 Å². The zero-order chi connectivity index (χ0) is 13.2. The smallest absolute Gasteiger partial charge is 0.0897 e. The molecule has 1 atom stereocenters. The molecule has 0 bridgehead atoms. The molecule has 1 aliphatic carbocycles. The fraction of sp³-hybridized carbons (Fsp3) is 0.533. The van der Waals surface area contributed by atoms with E-state index >= 15 is 0 Å².